The fourth-order valence-electron chi connectivity index (χ4n) is 2.01. The molecular weight excluding hydrogens is 249 g/mol. The van der Waals surface area contributed by atoms with Crippen molar-refractivity contribution in [3.8, 4) is 0 Å². The summed E-state index contributed by atoms with van der Waals surface area (Å²) in [5.41, 5.74) is 2.48. The second-order valence-corrected chi connectivity index (χ2v) is 5.95. The van der Waals surface area contributed by atoms with Crippen molar-refractivity contribution in [1.82, 2.24) is 5.32 Å². The van der Waals surface area contributed by atoms with E-state index in [2.05, 4.69) is 12.2 Å². The molecule has 0 aliphatic carbocycles. The second kappa shape index (κ2) is 4.54. The largest absolute Gasteiger partial charge is 0.312 e. The molecule has 0 bridgehead atoms. The number of thioether (sulfide) groups is 1. The van der Waals surface area contributed by atoms with Crippen LogP contribution in [0.5, 0.6) is 0 Å². The molecule has 82 valence electrons. The Hall–Kier alpha value is 0.110. The van der Waals surface area contributed by atoms with Crippen LogP contribution in [0.25, 0.3) is 0 Å². The Balaban J connectivity index is 2.52. The average Bonchev–Trinajstić information content (AvgIpc) is 2.17. The van der Waals surface area contributed by atoms with Crippen LogP contribution in [0, 0.1) is 0 Å². The van der Waals surface area contributed by atoms with E-state index in [1.54, 1.807) is 0 Å². The topological polar surface area (TPSA) is 12.0 Å². The van der Waals surface area contributed by atoms with E-state index in [1.807, 2.05) is 30.9 Å². The molecule has 4 heteroatoms. The highest BCUT2D eigenvalue weighted by Crippen LogP contribution is 2.41. The number of benzene rings is 1. The molecule has 1 aliphatic rings. The van der Waals surface area contributed by atoms with Crippen molar-refractivity contribution in [2.24, 2.45) is 0 Å². The van der Waals surface area contributed by atoms with Gasteiger partial charge in [0.25, 0.3) is 0 Å². The molecule has 2 atom stereocenters. The van der Waals surface area contributed by atoms with Gasteiger partial charge in [0, 0.05) is 27.1 Å². The van der Waals surface area contributed by atoms with Crippen molar-refractivity contribution in [1.29, 1.82) is 0 Å². The lowest BCUT2D eigenvalue weighted by Crippen LogP contribution is -2.29. The van der Waals surface area contributed by atoms with Crippen LogP contribution in [-0.2, 0) is 5.75 Å². The maximum atomic E-state index is 6.19. The molecule has 2 rings (SSSR count). The molecule has 1 nitrogen and oxygen atoms in total. The molecule has 0 fully saturated rings. The molecule has 1 aromatic rings. The van der Waals surface area contributed by atoms with Crippen molar-refractivity contribution in [3.05, 3.63) is 33.3 Å². The smallest absolute Gasteiger partial charge is 0.0464 e. The van der Waals surface area contributed by atoms with Gasteiger partial charge < -0.3 is 5.32 Å². The van der Waals surface area contributed by atoms with Gasteiger partial charge >= 0.3 is 0 Å². The molecule has 1 heterocycles. The third-order valence-electron chi connectivity index (χ3n) is 2.80. The van der Waals surface area contributed by atoms with Gasteiger partial charge in [-0.3, -0.25) is 0 Å². The van der Waals surface area contributed by atoms with Crippen LogP contribution in [0.4, 0.5) is 0 Å². The fraction of sp³-hybridized carbons (Fsp3) is 0.455. The number of hydrogen-bond donors (Lipinski definition) is 1. The number of hydrogen-bond acceptors (Lipinski definition) is 2. The lowest BCUT2D eigenvalue weighted by Gasteiger charge is -2.31. The molecule has 1 N–H and O–H groups in total. The van der Waals surface area contributed by atoms with E-state index in [4.69, 9.17) is 23.2 Å². The van der Waals surface area contributed by atoms with Gasteiger partial charge in [0.1, 0.15) is 0 Å². The Bertz CT molecular complexity index is 381. The molecular formula is C11H13Cl2NS. The summed E-state index contributed by atoms with van der Waals surface area (Å²) in [7, 11) is 1.98. The van der Waals surface area contributed by atoms with Gasteiger partial charge in [-0.2, -0.15) is 11.8 Å². The van der Waals surface area contributed by atoms with Crippen LogP contribution >= 0.6 is 35.0 Å². The molecule has 0 aromatic heterocycles. The van der Waals surface area contributed by atoms with Crippen molar-refractivity contribution in [2.75, 3.05) is 7.05 Å². The van der Waals surface area contributed by atoms with Crippen molar-refractivity contribution >= 4 is 35.0 Å². The van der Waals surface area contributed by atoms with E-state index in [0.29, 0.717) is 11.3 Å². The highest BCUT2D eigenvalue weighted by Gasteiger charge is 2.27. The Morgan fingerprint density at radius 1 is 1.40 bits per heavy atom. The van der Waals surface area contributed by atoms with Gasteiger partial charge in [-0.25, -0.2) is 0 Å². The lowest BCUT2D eigenvalue weighted by molar-refractivity contribution is 0.579. The minimum atomic E-state index is 0.343. The minimum Gasteiger partial charge on any atom is -0.312 e. The van der Waals surface area contributed by atoms with Crippen molar-refractivity contribution in [3.63, 3.8) is 0 Å². The van der Waals surface area contributed by atoms with Gasteiger partial charge in [-0.1, -0.05) is 30.1 Å². The first-order valence-corrected chi connectivity index (χ1v) is 6.70. The van der Waals surface area contributed by atoms with Crippen molar-refractivity contribution in [2.45, 2.75) is 24.0 Å². The summed E-state index contributed by atoms with van der Waals surface area (Å²) < 4.78 is 0. The Labute approximate surface area is 105 Å². The lowest BCUT2D eigenvalue weighted by atomic mass is 9.98. The van der Waals surface area contributed by atoms with Gasteiger partial charge in [0.15, 0.2) is 0 Å². The zero-order valence-corrected chi connectivity index (χ0v) is 11.0. The van der Waals surface area contributed by atoms with Crippen LogP contribution in [0.1, 0.15) is 24.1 Å². The average molecular weight is 262 g/mol. The first-order valence-electron chi connectivity index (χ1n) is 4.90. The number of halogens is 2. The van der Waals surface area contributed by atoms with E-state index in [-0.39, 0.29) is 0 Å². The van der Waals surface area contributed by atoms with E-state index in [0.717, 1.165) is 15.8 Å². The van der Waals surface area contributed by atoms with E-state index in [9.17, 15) is 0 Å². The second-order valence-electron chi connectivity index (χ2n) is 3.74. The Morgan fingerprint density at radius 2 is 2.13 bits per heavy atom. The molecule has 15 heavy (non-hydrogen) atoms. The molecule has 0 saturated heterocycles. The first kappa shape index (κ1) is 11.6. The summed E-state index contributed by atoms with van der Waals surface area (Å²) in [4.78, 5) is 0. The molecule has 0 radical (unpaired) electrons. The predicted molar refractivity (Wildman–Crippen MR) is 69.0 cm³/mol. The van der Waals surface area contributed by atoms with Crippen LogP contribution in [0.15, 0.2) is 12.1 Å². The third-order valence-corrected chi connectivity index (χ3v) is 4.61. The summed E-state index contributed by atoms with van der Waals surface area (Å²) in [6, 6.07) is 4.20. The minimum absolute atomic E-state index is 0.343. The highest BCUT2D eigenvalue weighted by molar-refractivity contribution is 7.99. The zero-order valence-electron chi connectivity index (χ0n) is 8.68. The third kappa shape index (κ3) is 2.14. The summed E-state index contributed by atoms with van der Waals surface area (Å²) in [6.07, 6.45) is 0. The number of fused-ring (bicyclic) bond motifs is 1. The maximum Gasteiger partial charge on any atom is 0.0464 e. The molecule has 1 aromatic carbocycles. The number of rotatable bonds is 1. The molecule has 1 aliphatic heterocycles. The summed E-state index contributed by atoms with van der Waals surface area (Å²) >= 11 is 14.1. The van der Waals surface area contributed by atoms with Crippen LogP contribution in [0.3, 0.4) is 0 Å². The predicted octanol–water partition coefficient (Wildman–Crippen LogP) is 3.89. The monoisotopic (exact) mass is 261 g/mol. The molecule has 0 amide bonds. The van der Waals surface area contributed by atoms with Crippen molar-refractivity contribution < 1.29 is 0 Å². The standard InChI is InChI=1S/C11H13Cl2NS/c1-6-11(14-2)8-3-7(12)4-10(13)9(8)5-15-6/h3-4,6,11,14H,5H2,1-2H3. The Morgan fingerprint density at radius 3 is 2.80 bits per heavy atom. The maximum absolute atomic E-state index is 6.19. The van der Waals surface area contributed by atoms with Crippen LogP contribution in [-0.4, -0.2) is 12.3 Å². The van der Waals surface area contributed by atoms with E-state index < -0.39 is 0 Å². The van der Waals surface area contributed by atoms with Gasteiger partial charge in [0.2, 0.25) is 0 Å². The molecule has 0 spiro atoms. The van der Waals surface area contributed by atoms with E-state index in [1.165, 1.54) is 11.1 Å². The van der Waals surface area contributed by atoms with Gasteiger partial charge in [-0.05, 0) is 30.3 Å². The fourth-order valence-corrected chi connectivity index (χ4v) is 3.89. The Kier molecular flexibility index (Phi) is 3.51. The van der Waals surface area contributed by atoms with Crippen LogP contribution in [0.2, 0.25) is 10.0 Å². The van der Waals surface area contributed by atoms with Crippen LogP contribution < -0.4 is 5.32 Å². The van der Waals surface area contributed by atoms with E-state index >= 15 is 0 Å². The quantitative estimate of drug-likeness (QED) is 0.824. The summed E-state index contributed by atoms with van der Waals surface area (Å²) in [5.74, 6) is 0.977. The normalized spacial score (nSPS) is 25.1. The summed E-state index contributed by atoms with van der Waals surface area (Å²) in [6.45, 7) is 2.23. The molecule has 2 unspecified atom stereocenters. The van der Waals surface area contributed by atoms with Gasteiger partial charge in [0.05, 0.1) is 0 Å². The van der Waals surface area contributed by atoms with Gasteiger partial charge in [-0.15, -0.1) is 0 Å². The molecule has 0 saturated carbocycles. The zero-order chi connectivity index (χ0) is 11.0. The summed E-state index contributed by atoms with van der Waals surface area (Å²) in [5, 5.41) is 5.39. The first-order chi connectivity index (χ1) is 7.13. The highest BCUT2D eigenvalue weighted by atomic mass is 35.5. The SMILES string of the molecule is CNC1c2cc(Cl)cc(Cl)c2CSC1C. The number of nitrogens with one attached hydrogen (secondary N) is 1.